The average molecular weight is 124 g/mol. The fourth-order valence-corrected chi connectivity index (χ4v) is 0.922. The predicted octanol–water partition coefficient (Wildman–Crippen LogP) is 0.898. The van der Waals surface area contributed by atoms with Gasteiger partial charge in [0.1, 0.15) is 0 Å². The minimum atomic E-state index is 0.0949. The van der Waals surface area contributed by atoms with Crippen LogP contribution in [0.2, 0.25) is 0 Å². The standard InChI is InChI=1S/C7H12N2/c1-9-7(5-8)4-6-2-3-6/h6-7,9H,2-4H2,1H3. The van der Waals surface area contributed by atoms with E-state index in [0.717, 1.165) is 12.3 Å². The molecule has 0 heterocycles. The molecule has 0 spiro atoms. The normalized spacial score (nSPS) is 20.9. The van der Waals surface area contributed by atoms with Crippen LogP contribution in [0.4, 0.5) is 0 Å². The van der Waals surface area contributed by atoms with Crippen LogP contribution in [0.3, 0.4) is 0 Å². The molecule has 0 aromatic carbocycles. The fourth-order valence-electron chi connectivity index (χ4n) is 0.922. The Balaban J connectivity index is 2.14. The van der Waals surface area contributed by atoms with Gasteiger partial charge in [0.2, 0.25) is 0 Å². The van der Waals surface area contributed by atoms with E-state index in [1.165, 1.54) is 12.8 Å². The highest BCUT2D eigenvalue weighted by Gasteiger charge is 2.24. The maximum atomic E-state index is 8.49. The molecule has 2 heteroatoms. The number of hydrogen-bond acceptors (Lipinski definition) is 2. The van der Waals surface area contributed by atoms with E-state index >= 15 is 0 Å². The van der Waals surface area contributed by atoms with Crippen LogP contribution in [0.15, 0.2) is 0 Å². The molecule has 1 saturated carbocycles. The number of hydrogen-bond donors (Lipinski definition) is 1. The molecule has 0 saturated heterocycles. The highest BCUT2D eigenvalue weighted by atomic mass is 14.9. The zero-order valence-electron chi connectivity index (χ0n) is 5.72. The van der Waals surface area contributed by atoms with E-state index in [-0.39, 0.29) is 6.04 Å². The van der Waals surface area contributed by atoms with Crippen molar-refractivity contribution < 1.29 is 0 Å². The van der Waals surface area contributed by atoms with Crippen LogP contribution in [-0.4, -0.2) is 13.1 Å². The third-order valence-electron chi connectivity index (χ3n) is 1.77. The molecule has 0 aromatic heterocycles. The Bertz CT molecular complexity index is 121. The van der Waals surface area contributed by atoms with Gasteiger partial charge in [-0.1, -0.05) is 12.8 Å². The summed E-state index contributed by atoms with van der Waals surface area (Å²) in [5.74, 6) is 0.849. The second-order valence-corrected chi connectivity index (χ2v) is 2.65. The largest absolute Gasteiger partial charge is 0.305 e. The lowest BCUT2D eigenvalue weighted by atomic mass is 10.1. The molecule has 0 aromatic rings. The lowest BCUT2D eigenvalue weighted by Gasteiger charge is -2.03. The van der Waals surface area contributed by atoms with Crippen molar-refractivity contribution in [3.05, 3.63) is 0 Å². The van der Waals surface area contributed by atoms with Gasteiger partial charge in [-0.25, -0.2) is 0 Å². The van der Waals surface area contributed by atoms with Crippen molar-refractivity contribution in [2.24, 2.45) is 5.92 Å². The molecule has 50 valence electrons. The topological polar surface area (TPSA) is 35.8 Å². The highest BCUT2D eigenvalue weighted by Crippen LogP contribution is 2.33. The van der Waals surface area contributed by atoms with E-state index in [1.807, 2.05) is 7.05 Å². The van der Waals surface area contributed by atoms with E-state index in [1.54, 1.807) is 0 Å². The molecular weight excluding hydrogens is 112 g/mol. The number of nitrogens with zero attached hydrogens (tertiary/aromatic N) is 1. The summed E-state index contributed by atoms with van der Waals surface area (Å²) in [6.45, 7) is 0. The molecule has 1 fully saturated rings. The van der Waals surface area contributed by atoms with Gasteiger partial charge in [0.25, 0.3) is 0 Å². The second-order valence-electron chi connectivity index (χ2n) is 2.65. The van der Waals surface area contributed by atoms with E-state index < -0.39 is 0 Å². The summed E-state index contributed by atoms with van der Waals surface area (Å²) >= 11 is 0. The minimum absolute atomic E-state index is 0.0949. The van der Waals surface area contributed by atoms with Crippen molar-refractivity contribution in [3.63, 3.8) is 0 Å². The van der Waals surface area contributed by atoms with Crippen molar-refractivity contribution in [2.45, 2.75) is 25.3 Å². The molecule has 1 aliphatic carbocycles. The summed E-state index contributed by atoms with van der Waals surface area (Å²) in [5, 5.41) is 11.5. The molecular formula is C7H12N2. The first-order valence-electron chi connectivity index (χ1n) is 3.43. The van der Waals surface area contributed by atoms with Crippen LogP contribution in [-0.2, 0) is 0 Å². The van der Waals surface area contributed by atoms with Crippen molar-refractivity contribution >= 4 is 0 Å². The molecule has 1 unspecified atom stereocenters. The van der Waals surface area contributed by atoms with Gasteiger partial charge < -0.3 is 5.32 Å². The molecule has 0 amide bonds. The molecule has 1 N–H and O–H groups in total. The smallest absolute Gasteiger partial charge is 0.0953 e. The first kappa shape index (κ1) is 6.57. The maximum Gasteiger partial charge on any atom is 0.0953 e. The van der Waals surface area contributed by atoms with Gasteiger partial charge in [0.05, 0.1) is 12.1 Å². The van der Waals surface area contributed by atoms with Gasteiger partial charge in [-0.05, 0) is 19.4 Å². The Morgan fingerprint density at radius 1 is 1.78 bits per heavy atom. The lowest BCUT2D eigenvalue weighted by Crippen LogP contribution is -2.23. The van der Waals surface area contributed by atoms with Gasteiger partial charge in [-0.2, -0.15) is 5.26 Å². The van der Waals surface area contributed by atoms with Crippen LogP contribution in [0.5, 0.6) is 0 Å². The average Bonchev–Trinajstić information content (AvgIpc) is 2.66. The first-order valence-corrected chi connectivity index (χ1v) is 3.43. The van der Waals surface area contributed by atoms with Gasteiger partial charge in [-0.15, -0.1) is 0 Å². The molecule has 2 nitrogen and oxygen atoms in total. The SMILES string of the molecule is CNC(C#N)CC1CC1. The van der Waals surface area contributed by atoms with Crippen LogP contribution in [0, 0.1) is 17.2 Å². The van der Waals surface area contributed by atoms with Gasteiger partial charge in [-0.3, -0.25) is 0 Å². The minimum Gasteiger partial charge on any atom is -0.305 e. The Morgan fingerprint density at radius 3 is 2.78 bits per heavy atom. The molecule has 0 aliphatic heterocycles. The molecule has 0 radical (unpaired) electrons. The van der Waals surface area contributed by atoms with Crippen molar-refractivity contribution in [1.82, 2.24) is 5.32 Å². The van der Waals surface area contributed by atoms with Crippen LogP contribution in [0.25, 0.3) is 0 Å². The summed E-state index contributed by atoms with van der Waals surface area (Å²) in [5.41, 5.74) is 0. The van der Waals surface area contributed by atoms with Gasteiger partial charge >= 0.3 is 0 Å². The van der Waals surface area contributed by atoms with Crippen LogP contribution < -0.4 is 5.32 Å². The van der Waals surface area contributed by atoms with Crippen molar-refractivity contribution in [2.75, 3.05) is 7.05 Å². The lowest BCUT2D eigenvalue weighted by molar-refractivity contribution is 0.581. The van der Waals surface area contributed by atoms with Crippen molar-refractivity contribution in [1.29, 1.82) is 5.26 Å². The summed E-state index contributed by atoms with van der Waals surface area (Å²) in [6.07, 6.45) is 3.72. The summed E-state index contributed by atoms with van der Waals surface area (Å²) in [6, 6.07) is 2.31. The Hall–Kier alpha value is -0.550. The monoisotopic (exact) mass is 124 g/mol. The zero-order valence-corrected chi connectivity index (χ0v) is 5.72. The third kappa shape index (κ3) is 2.03. The van der Waals surface area contributed by atoms with E-state index in [9.17, 15) is 0 Å². The van der Waals surface area contributed by atoms with E-state index in [0.29, 0.717) is 0 Å². The van der Waals surface area contributed by atoms with Crippen molar-refractivity contribution in [3.8, 4) is 6.07 Å². The summed E-state index contributed by atoms with van der Waals surface area (Å²) in [7, 11) is 1.84. The third-order valence-corrected chi connectivity index (χ3v) is 1.77. The highest BCUT2D eigenvalue weighted by molar-refractivity contribution is 4.92. The Morgan fingerprint density at radius 2 is 2.44 bits per heavy atom. The van der Waals surface area contributed by atoms with Gasteiger partial charge in [0, 0.05) is 0 Å². The molecule has 1 aliphatic rings. The maximum absolute atomic E-state index is 8.49. The Kier molecular flexibility index (Phi) is 2.07. The Labute approximate surface area is 55.9 Å². The van der Waals surface area contributed by atoms with E-state index in [4.69, 9.17) is 5.26 Å². The number of rotatable bonds is 3. The molecule has 9 heavy (non-hydrogen) atoms. The van der Waals surface area contributed by atoms with Gasteiger partial charge in [0.15, 0.2) is 0 Å². The quantitative estimate of drug-likeness (QED) is 0.606. The first-order chi connectivity index (χ1) is 4.36. The molecule has 0 bridgehead atoms. The van der Waals surface area contributed by atoms with Crippen LogP contribution >= 0.6 is 0 Å². The predicted molar refractivity (Wildman–Crippen MR) is 35.8 cm³/mol. The number of nitrogens with one attached hydrogen (secondary N) is 1. The molecule has 1 rings (SSSR count). The van der Waals surface area contributed by atoms with E-state index in [2.05, 4.69) is 11.4 Å². The molecule has 1 atom stereocenters. The summed E-state index contributed by atoms with van der Waals surface area (Å²) in [4.78, 5) is 0. The second kappa shape index (κ2) is 2.84. The van der Waals surface area contributed by atoms with Crippen LogP contribution in [0.1, 0.15) is 19.3 Å². The zero-order chi connectivity index (χ0) is 6.69. The summed E-state index contributed by atoms with van der Waals surface area (Å²) < 4.78 is 0. The fraction of sp³-hybridized carbons (Fsp3) is 0.857. The number of nitriles is 1.